The Hall–Kier alpha value is -2.57. The number of aryl methyl sites for hydroxylation is 2. The topological polar surface area (TPSA) is 101 Å². The zero-order valence-electron chi connectivity index (χ0n) is 11.3. The quantitative estimate of drug-likeness (QED) is 0.872. The number of nitrogens with zero attached hydrogens (tertiary/aromatic N) is 4. The Bertz CT molecular complexity index is 630. The lowest BCUT2D eigenvalue weighted by Gasteiger charge is -2.07. The molecule has 0 aliphatic rings. The van der Waals surface area contributed by atoms with E-state index in [1.165, 1.54) is 18.3 Å². The van der Waals surface area contributed by atoms with Crippen LogP contribution < -0.4 is 5.32 Å². The molecule has 0 unspecified atom stereocenters. The van der Waals surface area contributed by atoms with Gasteiger partial charge in [-0.1, -0.05) is 13.8 Å². The van der Waals surface area contributed by atoms with Crippen LogP contribution >= 0.6 is 0 Å². The molecule has 104 valence electrons. The Morgan fingerprint density at radius 2 is 2.00 bits per heavy atom. The molecule has 0 atom stereocenters. The van der Waals surface area contributed by atoms with Gasteiger partial charge in [0.25, 0.3) is 5.91 Å². The second-order valence-electron chi connectivity index (χ2n) is 4.06. The molecule has 7 heteroatoms. The van der Waals surface area contributed by atoms with Gasteiger partial charge in [0, 0.05) is 6.20 Å². The van der Waals surface area contributed by atoms with Gasteiger partial charge in [-0.2, -0.15) is 0 Å². The second kappa shape index (κ2) is 6.05. The molecular formula is C13H15N5O2. The van der Waals surface area contributed by atoms with Crippen LogP contribution in [0.3, 0.4) is 0 Å². The van der Waals surface area contributed by atoms with Crippen molar-refractivity contribution >= 4 is 11.9 Å². The summed E-state index contributed by atoms with van der Waals surface area (Å²) in [5, 5.41) is 19.9. The molecule has 0 fully saturated rings. The minimum Gasteiger partial charge on any atom is -0.505 e. The minimum absolute atomic E-state index is 0.0753. The maximum atomic E-state index is 11.9. The summed E-state index contributed by atoms with van der Waals surface area (Å²) >= 11 is 0. The van der Waals surface area contributed by atoms with E-state index in [4.69, 9.17) is 0 Å². The van der Waals surface area contributed by atoms with Crippen molar-refractivity contribution < 1.29 is 9.90 Å². The zero-order valence-corrected chi connectivity index (χ0v) is 11.3. The van der Waals surface area contributed by atoms with Crippen LogP contribution in [0.15, 0.2) is 18.3 Å². The molecule has 2 heterocycles. The van der Waals surface area contributed by atoms with Crippen molar-refractivity contribution in [2.45, 2.75) is 26.7 Å². The lowest BCUT2D eigenvalue weighted by molar-refractivity contribution is 0.101. The molecule has 0 saturated heterocycles. The van der Waals surface area contributed by atoms with Crippen molar-refractivity contribution in [3.8, 4) is 5.75 Å². The summed E-state index contributed by atoms with van der Waals surface area (Å²) in [7, 11) is 0. The largest absolute Gasteiger partial charge is 0.505 e. The van der Waals surface area contributed by atoms with Crippen molar-refractivity contribution in [3.05, 3.63) is 35.4 Å². The monoisotopic (exact) mass is 273 g/mol. The average Bonchev–Trinajstić information content (AvgIpc) is 2.47. The molecule has 7 nitrogen and oxygen atoms in total. The van der Waals surface area contributed by atoms with Gasteiger partial charge < -0.3 is 5.11 Å². The van der Waals surface area contributed by atoms with Crippen molar-refractivity contribution in [3.63, 3.8) is 0 Å². The fraction of sp³-hybridized carbons (Fsp3) is 0.308. The number of hydrogen-bond acceptors (Lipinski definition) is 6. The summed E-state index contributed by atoms with van der Waals surface area (Å²) in [6.45, 7) is 3.92. The van der Waals surface area contributed by atoms with Crippen LogP contribution in [0.5, 0.6) is 5.75 Å². The lowest BCUT2D eigenvalue weighted by atomic mass is 10.2. The predicted molar refractivity (Wildman–Crippen MR) is 72.4 cm³/mol. The fourth-order valence-electron chi connectivity index (χ4n) is 1.72. The highest BCUT2D eigenvalue weighted by atomic mass is 16.3. The molecule has 20 heavy (non-hydrogen) atoms. The summed E-state index contributed by atoms with van der Waals surface area (Å²) in [6.07, 6.45) is 2.86. The summed E-state index contributed by atoms with van der Waals surface area (Å²) in [6, 6.07) is 2.92. The van der Waals surface area contributed by atoms with E-state index < -0.39 is 5.91 Å². The van der Waals surface area contributed by atoms with Gasteiger partial charge >= 0.3 is 0 Å². The highest BCUT2D eigenvalue weighted by Gasteiger charge is 2.15. The lowest BCUT2D eigenvalue weighted by Crippen LogP contribution is -2.17. The Morgan fingerprint density at radius 1 is 1.25 bits per heavy atom. The van der Waals surface area contributed by atoms with Gasteiger partial charge in [0.15, 0.2) is 5.69 Å². The summed E-state index contributed by atoms with van der Waals surface area (Å²) < 4.78 is 0. The summed E-state index contributed by atoms with van der Waals surface area (Å²) in [5.74, 6) is -0.663. The van der Waals surface area contributed by atoms with Gasteiger partial charge in [-0.05, 0) is 25.0 Å². The van der Waals surface area contributed by atoms with Crippen LogP contribution in [0, 0.1) is 0 Å². The number of nitrogens with one attached hydrogen (secondary N) is 1. The van der Waals surface area contributed by atoms with Crippen LogP contribution in [0.2, 0.25) is 0 Å². The van der Waals surface area contributed by atoms with Crippen molar-refractivity contribution in [1.82, 2.24) is 20.2 Å². The molecule has 0 bridgehead atoms. The maximum absolute atomic E-state index is 11.9. The molecular weight excluding hydrogens is 258 g/mol. The van der Waals surface area contributed by atoms with Gasteiger partial charge in [0.1, 0.15) is 5.75 Å². The number of amides is 1. The van der Waals surface area contributed by atoms with Crippen LogP contribution in [-0.4, -0.2) is 31.2 Å². The molecule has 0 spiro atoms. The van der Waals surface area contributed by atoms with E-state index in [1.807, 2.05) is 13.8 Å². The van der Waals surface area contributed by atoms with Crippen LogP contribution in [0.25, 0.3) is 0 Å². The highest BCUT2D eigenvalue weighted by molar-refractivity contribution is 6.03. The first-order chi connectivity index (χ1) is 9.65. The summed E-state index contributed by atoms with van der Waals surface area (Å²) in [5.41, 5.74) is 1.53. The first-order valence-corrected chi connectivity index (χ1v) is 6.33. The number of aromatic nitrogens is 4. The van der Waals surface area contributed by atoms with E-state index in [0.29, 0.717) is 6.42 Å². The predicted octanol–water partition coefficient (Wildman–Crippen LogP) is 1.35. The third kappa shape index (κ3) is 2.87. The number of carbonyl (C=O) groups is 1. The number of aromatic hydroxyl groups is 1. The average molecular weight is 273 g/mol. The molecule has 0 radical (unpaired) electrons. The Balaban J connectivity index is 2.22. The van der Waals surface area contributed by atoms with E-state index >= 15 is 0 Å². The standard InChI is InChI=1S/C13H15N5O2/c1-3-8-9(4-2)17-18-13(15-8)16-12(20)11-10(19)6-5-7-14-11/h5-7,19H,3-4H2,1-2H3,(H,15,16,18,20). The molecule has 0 aliphatic heterocycles. The van der Waals surface area contributed by atoms with Gasteiger partial charge in [-0.3, -0.25) is 10.1 Å². The maximum Gasteiger partial charge on any atom is 0.280 e. The zero-order chi connectivity index (χ0) is 14.5. The number of anilines is 1. The molecule has 2 rings (SSSR count). The Kier molecular flexibility index (Phi) is 4.19. The second-order valence-corrected chi connectivity index (χ2v) is 4.06. The molecule has 2 aromatic heterocycles. The summed E-state index contributed by atoms with van der Waals surface area (Å²) in [4.78, 5) is 20.0. The number of pyridine rings is 1. The van der Waals surface area contributed by atoms with E-state index in [1.54, 1.807) is 0 Å². The Morgan fingerprint density at radius 3 is 2.65 bits per heavy atom. The molecule has 0 aromatic carbocycles. The third-order valence-corrected chi connectivity index (χ3v) is 2.74. The molecule has 0 aliphatic carbocycles. The van der Waals surface area contributed by atoms with E-state index in [2.05, 4.69) is 25.5 Å². The van der Waals surface area contributed by atoms with Gasteiger partial charge in [0.2, 0.25) is 5.95 Å². The van der Waals surface area contributed by atoms with E-state index in [9.17, 15) is 9.90 Å². The first-order valence-electron chi connectivity index (χ1n) is 6.33. The van der Waals surface area contributed by atoms with Crippen molar-refractivity contribution in [2.24, 2.45) is 0 Å². The molecule has 1 amide bonds. The van der Waals surface area contributed by atoms with Gasteiger partial charge in [-0.25, -0.2) is 9.97 Å². The fourth-order valence-corrected chi connectivity index (χ4v) is 1.72. The smallest absolute Gasteiger partial charge is 0.280 e. The van der Waals surface area contributed by atoms with E-state index in [0.717, 1.165) is 17.8 Å². The van der Waals surface area contributed by atoms with Crippen molar-refractivity contribution in [2.75, 3.05) is 5.32 Å². The van der Waals surface area contributed by atoms with Crippen LogP contribution in [-0.2, 0) is 12.8 Å². The SMILES string of the molecule is CCc1nnc(NC(=O)c2ncccc2O)nc1CC. The Labute approximate surface area is 116 Å². The first kappa shape index (κ1) is 13.9. The normalized spacial score (nSPS) is 10.3. The molecule has 0 saturated carbocycles. The van der Waals surface area contributed by atoms with Crippen LogP contribution in [0.1, 0.15) is 35.7 Å². The van der Waals surface area contributed by atoms with Gasteiger partial charge in [0.05, 0.1) is 11.4 Å². The van der Waals surface area contributed by atoms with Crippen molar-refractivity contribution in [1.29, 1.82) is 0 Å². The van der Waals surface area contributed by atoms with E-state index in [-0.39, 0.29) is 17.4 Å². The van der Waals surface area contributed by atoms with Gasteiger partial charge in [-0.15, -0.1) is 10.2 Å². The van der Waals surface area contributed by atoms with Crippen LogP contribution in [0.4, 0.5) is 5.95 Å². The number of rotatable bonds is 4. The number of hydrogen-bond donors (Lipinski definition) is 2. The molecule has 2 aromatic rings. The molecule has 2 N–H and O–H groups in total. The highest BCUT2D eigenvalue weighted by Crippen LogP contribution is 2.14. The number of carbonyl (C=O) groups excluding carboxylic acids is 1. The minimum atomic E-state index is -0.573. The third-order valence-electron chi connectivity index (χ3n) is 2.74.